The van der Waals surface area contributed by atoms with E-state index in [9.17, 15) is 4.79 Å². The second-order valence-electron chi connectivity index (χ2n) is 4.14. The van der Waals surface area contributed by atoms with Crippen molar-refractivity contribution in [2.45, 2.75) is 13.8 Å². The quantitative estimate of drug-likeness (QED) is 0.779. The van der Waals surface area contributed by atoms with Gasteiger partial charge in [-0.15, -0.1) is 0 Å². The van der Waals surface area contributed by atoms with Gasteiger partial charge < -0.3 is 11.5 Å². The standard InChI is InChI=1S/C13H14N4O/c1-7-5-9(3-4-10(7)14)11-12(13(15)18)16-6-8(2)17-11/h3-6H,14H2,1-2H3,(H2,15,18). The van der Waals surface area contributed by atoms with E-state index in [2.05, 4.69) is 9.97 Å². The molecule has 2 rings (SSSR count). The van der Waals surface area contributed by atoms with Gasteiger partial charge >= 0.3 is 0 Å². The Morgan fingerprint density at radius 1 is 1.28 bits per heavy atom. The lowest BCUT2D eigenvalue weighted by molar-refractivity contribution is 0.0996. The van der Waals surface area contributed by atoms with Crippen molar-refractivity contribution in [2.24, 2.45) is 5.73 Å². The first kappa shape index (κ1) is 12.0. The molecule has 0 spiro atoms. The lowest BCUT2D eigenvalue weighted by atomic mass is 10.0. The number of nitrogen functional groups attached to an aromatic ring is 1. The third-order valence-electron chi connectivity index (χ3n) is 2.67. The van der Waals surface area contributed by atoms with E-state index in [-0.39, 0.29) is 5.69 Å². The molecule has 5 nitrogen and oxygen atoms in total. The summed E-state index contributed by atoms with van der Waals surface area (Å²) in [6.45, 7) is 3.71. The van der Waals surface area contributed by atoms with Crippen molar-refractivity contribution in [3.05, 3.63) is 41.3 Å². The molecular weight excluding hydrogens is 228 g/mol. The molecule has 0 atom stereocenters. The maximum atomic E-state index is 11.4. The van der Waals surface area contributed by atoms with Gasteiger partial charge in [0, 0.05) is 17.4 Å². The fraction of sp³-hybridized carbons (Fsp3) is 0.154. The van der Waals surface area contributed by atoms with Crippen LogP contribution in [0.25, 0.3) is 11.3 Å². The normalized spacial score (nSPS) is 10.3. The molecule has 0 saturated carbocycles. The van der Waals surface area contributed by atoms with Gasteiger partial charge in [-0.2, -0.15) is 0 Å². The minimum Gasteiger partial charge on any atom is -0.399 e. The highest BCUT2D eigenvalue weighted by atomic mass is 16.1. The number of hydrogen-bond donors (Lipinski definition) is 2. The summed E-state index contributed by atoms with van der Waals surface area (Å²) < 4.78 is 0. The van der Waals surface area contributed by atoms with E-state index in [4.69, 9.17) is 11.5 Å². The van der Waals surface area contributed by atoms with Crippen molar-refractivity contribution in [1.29, 1.82) is 0 Å². The number of amides is 1. The van der Waals surface area contributed by atoms with Crippen molar-refractivity contribution in [3.63, 3.8) is 0 Å². The van der Waals surface area contributed by atoms with Gasteiger partial charge in [-0.3, -0.25) is 4.79 Å². The SMILES string of the molecule is Cc1cnc(C(N)=O)c(-c2ccc(N)c(C)c2)n1. The van der Waals surface area contributed by atoms with E-state index < -0.39 is 5.91 Å². The summed E-state index contributed by atoms with van der Waals surface area (Å²) in [6, 6.07) is 5.45. The number of carbonyl (C=O) groups is 1. The smallest absolute Gasteiger partial charge is 0.269 e. The molecule has 0 unspecified atom stereocenters. The Balaban J connectivity index is 2.65. The molecule has 2 aromatic rings. The highest BCUT2D eigenvalue weighted by Gasteiger charge is 2.14. The fourth-order valence-corrected chi connectivity index (χ4v) is 1.68. The van der Waals surface area contributed by atoms with Crippen LogP contribution >= 0.6 is 0 Å². The summed E-state index contributed by atoms with van der Waals surface area (Å²) in [5.74, 6) is -0.591. The zero-order chi connectivity index (χ0) is 13.3. The van der Waals surface area contributed by atoms with Gasteiger partial charge in [0.15, 0.2) is 5.69 Å². The molecule has 0 saturated heterocycles. The summed E-state index contributed by atoms with van der Waals surface area (Å²) >= 11 is 0. The van der Waals surface area contributed by atoms with Gasteiger partial charge in [-0.1, -0.05) is 6.07 Å². The Bertz CT molecular complexity index is 622. The van der Waals surface area contributed by atoms with Crippen molar-refractivity contribution >= 4 is 11.6 Å². The van der Waals surface area contributed by atoms with Gasteiger partial charge in [0.2, 0.25) is 0 Å². The number of primary amides is 1. The van der Waals surface area contributed by atoms with Crippen LogP contribution in [0, 0.1) is 13.8 Å². The minimum atomic E-state index is -0.591. The predicted molar refractivity (Wildman–Crippen MR) is 69.9 cm³/mol. The second-order valence-corrected chi connectivity index (χ2v) is 4.14. The molecule has 0 aliphatic rings. The van der Waals surface area contributed by atoms with Crippen LogP contribution in [-0.4, -0.2) is 15.9 Å². The third kappa shape index (κ3) is 2.15. The van der Waals surface area contributed by atoms with Gasteiger partial charge in [0.1, 0.15) is 5.69 Å². The zero-order valence-electron chi connectivity index (χ0n) is 10.3. The third-order valence-corrected chi connectivity index (χ3v) is 2.67. The second kappa shape index (κ2) is 4.44. The van der Waals surface area contributed by atoms with E-state index in [0.717, 1.165) is 16.8 Å². The van der Waals surface area contributed by atoms with E-state index in [1.165, 1.54) is 6.20 Å². The molecule has 0 bridgehead atoms. The van der Waals surface area contributed by atoms with E-state index >= 15 is 0 Å². The van der Waals surface area contributed by atoms with Crippen molar-refractivity contribution in [3.8, 4) is 11.3 Å². The first-order valence-corrected chi connectivity index (χ1v) is 5.49. The van der Waals surface area contributed by atoms with Gasteiger partial charge in [0.25, 0.3) is 5.91 Å². The highest BCUT2D eigenvalue weighted by Crippen LogP contribution is 2.24. The van der Waals surface area contributed by atoms with Crippen LogP contribution in [0.5, 0.6) is 0 Å². The lowest BCUT2D eigenvalue weighted by Gasteiger charge is -2.08. The molecule has 1 aromatic heterocycles. The minimum absolute atomic E-state index is 0.171. The maximum absolute atomic E-state index is 11.4. The summed E-state index contributed by atoms with van der Waals surface area (Å²) in [5.41, 5.74) is 14.9. The van der Waals surface area contributed by atoms with Crippen LogP contribution in [0.4, 0.5) is 5.69 Å². The first-order valence-electron chi connectivity index (χ1n) is 5.49. The molecule has 0 radical (unpaired) electrons. The van der Waals surface area contributed by atoms with Crippen LogP contribution < -0.4 is 11.5 Å². The molecule has 0 aliphatic heterocycles. The summed E-state index contributed by atoms with van der Waals surface area (Å²) in [7, 11) is 0. The van der Waals surface area contributed by atoms with E-state index in [1.807, 2.05) is 19.9 Å². The van der Waals surface area contributed by atoms with Gasteiger partial charge in [-0.25, -0.2) is 9.97 Å². The fourth-order valence-electron chi connectivity index (χ4n) is 1.68. The average molecular weight is 242 g/mol. The summed E-state index contributed by atoms with van der Waals surface area (Å²) in [6.07, 6.45) is 1.52. The maximum Gasteiger partial charge on any atom is 0.269 e. The molecule has 1 aromatic carbocycles. The number of carbonyl (C=O) groups excluding carboxylic acids is 1. The predicted octanol–water partition coefficient (Wildman–Crippen LogP) is 1.44. The van der Waals surface area contributed by atoms with Crippen molar-refractivity contribution < 1.29 is 4.79 Å². The monoisotopic (exact) mass is 242 g/mol. The van der Waals surface area contributed by atoms with Crippen molar-refractivity contribution in [2.75, 3.05) is 5.73 Å². The zero-order valence-corrected chi connectivity index (χ0v) is 10.3. The van der Waals surface area contributed by atoms with Crippen LogP contribution in [0.15, 0.2) is 24.4 Å². The van der Waals surface area contributed by atoms with Crippen molar-refractivity contribution in [1.82, 2.24) is 9.97 Å². The summed E-state index contributed by atoms with van der Waals surface area (Å²) in [5, 5.41) is 0. The van der Waals surface area contributed by atoms with Crippen LogP contribution in [0.2, 0.25) is 0 Å². The largest absolute Gasteiger partial charge is 0.399 e. The Hall–Kier alpha value is -2.43. The Morgan fingerprint density at radius 2 is 2.00 bits per heavy atom. The first-order chi connectivity index (χ1) is 8.49. The molecule has 1 amide bonds. The molecule has 4 N–H and O–H groups in total. The molecule has 1 heterocycles. The average Bonchev–Trinajstić information content (AvgIpc) is 2.32. The Morgan fingerprint density at radius 3 is 2.61 bits per heavy atom. The van der Waals surface area contributed by atoms with E-state index in [1.54, 1.807) is 12.1 Å². The summed E-state index contributed by atoms with van der Waals surface area (Å²) in [4.78, 5) is 19.7. The highest BCUT2D eigenvalue weighted by molar-refractivity contribution is 5.96. The van der Waals surface area contributed by atoms with Gasteiger partial charge in [-0.05, 0) is 31.5 Å². The van der Waals surface area contributed by atoms with E-state index in [0.29, 0.717) is 11.4 Å². The number of nitrogens with zero attached hydrogens (tertiary/aromatic N) is 2. The Kier molecular flexibility index (Phi) is 2.97. The molecular formula is C13H14N4O. The number of nitrogens with two attached hydrogens (primary N) is 2. The Labute approximate surface area is 105 Å². The van der Waals surface area contributed by atoms with Crippen LogP contribution in [0.3, 0.4) is 0 Å². The van der Waals surface area contributed by atoms with Gasteiger partial charge in [0.05, 0.1) is 5.69 Å². The number of hydrogen-bond acceptors (Lipinski definition) is 4. The molecule has 18 heavy (non-hydrogen) atoms. The molecule has 0 aliphatic carbocycles. The number of aryl methyl sites for hydroxylation is 2. The number of rotatable bonds is 2. The molecule has 5 heteroatoms. The van der Waals surface area contributed by atoms with Crippen LogP contribution in [-0.2, 0) is 0 Å². The topological polar surface area (TPSA) is 94.9 Å². The molecule has 92 valence electrons. The van der Waals surface area contributed by atoms with Crippen LogP contribution in [0.1, 0.15) is 21.7 Å². The number of anilines is 1. The number of aromatic nitrogens is 2. The lowest BCUT2D eigenvalue weighted by Crippen LogP contribution is -2.15. The molecule has 0 fully saturated rings. The number of benzene rings is 1.